The Morgan fingerprint density at radius 3 is 2.54 bits per heavy atom. The van der Waals surface area contributed by atoms with Crippen molar-refractivity contribution in [3.05, 3.63) is 72.5 Å². The molecule has 2 aromatic rings. The van der Waals surface area contributed by atoms with E-state index in [-0.39, 0.29) is 6.10 Å². The first-order valence-corrected chi connectivity index (χ1v) is 9.13. The summed E-state index contributed by atoms with van der Waals surface area (Å²) in [7, 11) is 4.51. The molecule has 3 nitrogen and oxygen atoms in total. The lowest BCUT2D eigenvalue weighted by molar-refractivity contribution is 0.142. The third-order valence-electron chi connectivity index (χ3n) is 4.18. The highest BCUT2D eigenvalue weighted by Gasteiger charge is 2.17. The van der Waals surface area contributed by atoms with Gasteiger partial charge < -0.3 is 14.4 Å². The van der Waals surface area contributed by atoms with Crippen molar-refractivity contribution in [2.24, 2.45) is 0 Å². The molecule has 4 heteroatoms. The van der Waals surface area contributed by atoms with E-state index < -0.39 is 0 Å². The fourth-order valence-corrected chi connectivity index (χ4v) is 3.17. The number of rotatable bonds is 5. The summed E-state index contributed by atoms with van der Waals surface area (Å²) in [4.78, 5) is 2.24. The molecule has 0 saturated heterocycles. The van der Waals surface area contributed by atoms with Crippen LogP contribution >= 0.6 is 0 Å². The smallest absolute Gasteiger partial charge is 0.120 e. The van der Waals surface area contributed by atoms with E-state index in [0.717, 1.165) is 39.5 Å². The van der Waals surface area contributed by atoms with E-state index in [2.05, 4.69) is 59.5 Å². The van der Waals surface area contributed by atoms with Crippen molar-refractivity contribution in [1.29, 1.82) is 0 Å². The average Bonchev–Trinajstić information content (AvgIpc) is 2.64. The summed E-state index contributed by atoms with van der Waals surface area (Å²) in [5.41, 5.74) is 3.32. The van der Waals surface area contributed by atoms with Gasteiger partial charge in [0.2, 0.25) is 0 Å². The van der Waals surface area contributed by atoms with Gasteiger partial charge in [-0.2, -0.15) is 0 Å². The van der Waals surface area contributed by atoms with Crippen LogP contribution in [0.25, 0.3) is 0 Å². The first-order valence-electron chi connectivity index (χ1n) is 8.13. The van der Waals surface area contributed by atoms with E-state index in [1.807, 2.05) is 12.1 Å². The molecule has 24 heavy (non-hydrogen) atoms. The molecule has 0 aliphatic heterocycles. The molecule has 0 bridgehead atoms. The van der Waals surface area contributed by atoms with Gasteiger partial charge in [-0.3, -0.25) is 0 Å². The maximum atomic E-state index is 5.53. The molecule has 3 rings (SSSR count). The summed E-state index contributed by atoms with van der Waals surface area (Å²) >= 11 is 0. The van der Waals surface area contributed by atoms with Crippen molar-refractivity contribution in [2.45, 2.75) is 12.5 Å². The molecule has 0 aromatic heterocycles. The lowest BCUT2D eigenvalue weighted by Crippen LogP contribution is -2.21. The second-order valence-electron chi connectivity index (χ2n) is 5.88. The molecule has 0 heterocycles. The fourth-order valence-electron chi connectivity index (χ4n) is 2.84. The first-order chi connectivity index (χ1) is 11.7. The topological polar surface area (TPSA) is 21.7 Å². The zero-order valence-electron chi connectivity index (χ0n) is 14.4. The van der Waals surface area contributed by atoms with Crippen LogP contribution in [0.3, 0.4) is 0 Å². The Bertz CT molecular complexity index is 752. The second-order valence-corrected chi connectivity index (χ2v) is 7.03. The molecule has 2 aromatic carbocycles. The van der Waals surface area contributed by atoms with E-state index in [1.54, 1.807) is 14.2 Å². The molecule has 0 amide bonds. The van der Waals surface area contributed by atoms with Crippen LogP contribution in [0.1, 0.15) is 6.42 Å². The maximum Gasteiger partial charge on any atom is 0.120 e. The van der Waals surface area contributed by atoms with Crippen molar-refractivity contribution in [2.75, 3.05) is 19.1 Å². The molecular weight excluding hydrogens is 314 g/mol. The Labute approximate surface area is 146 Å². The van der Waals surface area contributed by atoms with Gasteiger partial charge in [0.1, 0.15) is 5.75 Å². The standard InChI is InChI=1S/C20H23NO2Si/c1-22-18-7-3-5-16(13-18)21(15-9-11-20(24)12-10-15)17-6-4-8-19(14-17)23-2/h3-7,9-14,19H,8H2,1-2,24H3. The lowest BCUT2D eigenvalue weighted by atomic mass is 10.1. The van der Waals surface area contributed by atoms with Crippen molar-refractivity contribution >= 4 is 26.8 Å². The highest BCUT2D eigenvalue weighted by atomic mass is 28.1. The number of allylic oxidation sites excluding steroid dienone is 1. The molecule has 1 atom stereocenters. The maximum absolute atomic E-state index is 5.53. The third kappa shape index (κ3) is 3.61. The molecule has 0 saturated carbocycles. The molecule has 0 fully saturated rings. The van der Waals surface area contributed by atoms with Crippen LogP contribution in [0.2, 0.25) is 0 Å². The van der Waals surface area contributed by atoms with E-state index in [0.29, 0.717) is 0 Å². The highest BCUT2D eigenvalue weighted by Crippen LogP contribution is 2.33. The zero-order chi connectivity index (χ0) is 16.9. The number of hydrogen-bond donors (Lipinski definition) is 0. The highest BCUT2D eigenvalue weighted by molar-refractivity contribution is 6.32. The molecule has 0 N–H and O–H groups in total. The van der Waals surface area contributed by atoms with Gasteiger partial charge >= 0.3 is 0 Å². The van der Waals surface area contributed by atoms with Gasteiger partial charge in [-0.1, -0.05) is 29.5 Å². The van der Waals surface area contributed by atoms with Crippen molar-refractivity contribution in [3.8, 4) is 5.75 Å². The minimum atomic E-state index is 0.107. The Balaban J connectivity index is 2.08. The number of benzene rings is 2. The van der Waals surface area contributed by atoms with Crippen LogP contribution in [0.15, 0.2) is 72.5 Å². The molecule has 124 valence electrons. The van der Waals surface area contributed by atoms with Gasteiger partial charge in [-0.25, -0.2) is 0 Å². The van der Waals surface area contributed by atoms with E-state index in [1.165, 1.54) is 5.19 Å². The van der Waals surface area contributed by atoms with Crippen molar-refractivity contribution in [3.63, 3.8) is 0 Å². The molecule has 1 unspecified atom stereocenters. The van der Waals surface area contributed by atoms with Gasteiger partial charge in [0.05, 0.1) is 13.2 Å². The number of anilines is 2. The third-order valence-corrected chi connectivity index (χ3v) is 4.84. The van der Waals surface area contributed by atoms with Crippen LogP contribution in [-0.4, -0.2) is 30.6 Å². The number of ether oxygens (including phenoxy) is 2. The van der Waals surface area contributed by atoms with Crippen LogP contribution in [-0.2, 0) is 4.74 Å². The summed E-state index contributed by atoms with van der Waals surface area (Å²) in [5.74, 6) is 0.848. The first kappa shape index (κ1) is 16.6. The molecule has 0 spiro atoms. The number of methoxy groups -OCH3 is 2. The average molecular weight is 337 g/mol. The van der Waals surface area contributed by atoms with Crippen molar-refractivity contribution < 1.29 is 9.47 Å². The lowest BCUT2D eigenvalue weighted by Gasteiger charge is -2.29. The quantitative estimate of drug-likeness (QED) is 0.783. The van der Waals surface area contributed by atoms with Crippen LogP contribution in [0.4, 0.5) is 11.4 Å². The Morgan fingerprint density at radius 2 is 1.83 bits per heavy atom. The van der Waals surface area contributed by atoms with Crippen LogP contribution in [0, 0.1) is 0 Å². The van der Waals surface area contributed by atoms with Crippen LogP contribution < -0.4 is 14.8 Å². The summed E-state index contributed by atoms with van der Waals surface area (Å²) in [6.07, 6.45) is 7.51. The normalized spacial score (nSPS) is 16.8. The minimum absolute atomic E-state index is 0.107. The predicted molar refractivity (Wildman–Crippen MR) is 104 cm³/mol. The summed E-state index contributed by atoms with van der Waals surface area (Å²) in [6.45, 7) is 0. The summed E-state index contributed by atoms with van der Waals surface area (Å²) < 4.78 is 10.9. The SMILES string of the molecule is COc1cccc(N(C2=CC(OC)CC=C2)c2ccc([SiH3])cc2)c1. The Morgan fingerprint density at radius 1 is 1.04 bits per heavy atom. The zero-order valence-corrected chi connectivity index (χ0v) is 16.4. The second kappa shape index (κ2) is 7.51. The van der Waals surface area contributed by atoms with Gasteiger partial charge in [-0.15, -0.1) is 0 Å². The summed E-state index contributed by atoms with van der Waals surface area (Å²) in [5, 5.41) is 1.38. The number of hydrogen-bond acceptors (Lipinski definition) is 3. The summed E-state index contributed by atoms with van der Waals surface area (Å²) in [6, 6.07) is 16.9. The molecular formula is C20H23NO2Si. The van der Waals surface area contributed by atoms with E-state index in [4.69, 9.17) is 9.47 Å². The molecule has 1 aliphatic carbocycles. The van der Waals surface area contributed by atoms with Gasteiger partial charge in [-0.05, 0) is 42.8 Å². The Kier molecular flexibility index (Phi) is 5.18. The fraction of sp³-hybridized carbons (Fsp3) is 0.200. The van der Waals surface area contributed by atoms with Gasteiger partial charge in [0.15, 0.2) is 0 Å². The van der Waals surface area contributed by atoms with Gasteiger partial charge in [0.25, 0.3) is 0 Å². The van der Waals surface area contributed by atoms with Crippen LogP contribution in [0.5, 0.6) is 5.75 Å². The molecule has 1 aliphatic rings. The minimum Gasteiger partial charge on any atom is -0.497 e. The molecule has 0 radical (unpaired) electrons. The monoisotopic (exact) mass is 337 g/mol. The number of nitrogens with zero attached hydrogens (tertiary/aromatic N) is 1. The van der Waals surface area contributed by atoms with Crippen molar-refractivity contribution in [1.82, 2.24) is 0 Å². The Hall–Kier alpha value is -2.30. The largest absolute Gasteiger partial charge is 0.497 e. The van der Waals surface area contributed by atoms with E-state index >= 15 is 0 Å². The van der Waals surface area contributed by atoms with E-state index in [9.17, 15) is 0 Å². The predicted octanol–water partition coefficient (Wildman–Crippen LogP) is 2.68. The van der Waals surface area contributed by atoms with Gasteiger partial charge in [0, 0.05) is 40.5 Å².